The number of anilines is 1. The predicted octanol–water partition coefficient (Wildman–Crippen LogP) is 4.33. The Balaban J connectivity index is 1.32. The van der Waals surface area contributed by atoms with Gasteiger partial charge in [0.05, 0.1) is 19.9 Å². The van der Waals surface area contributed by atoms with Gasteiger partial charge in [-0.05, 0) is 49.1 Å². The number of carbonyl (C=O) groups excluding carboxylic acids is 1. The second-order valence-electron chi connectivity index (χ2n) is 8.17. The number of para-hydroxylation sites is 1. The first-order valence-corrected chi connectivity index (χ1v) is 10.7. The molecule has 0 radical (unpaired) electrons. The highest BCUT2D eigenvalue weighted by atomic mass is 16.5. The molecule has 7 heteroatoms. The number of ether oxygens (including phenoxy) is 2. The number of carbonyl (C=O) groups is 1. The third kappa shape index (κ3) is 3.39. The Morgan fingerprint density at radius 2 is 1.94 bits per heavy atom. The monoisotopic (exact) mass is 430 g/mol. The van der Waals surface area contributed by atoms with Gasteiger partial charge in [-0.1, -0.05) is 18.2 Å². The van der Waals surface area contributed by atoms with Crippen LogP contribution >= 0.6 is 0 Å². The van der Waals surface area contributed by atoms with Gasteiger partial charge in [-0.3, -0.25) is 9.89 Å². The first-order chi connectivity index (χ1) is 15.6. The van der Waals surface area contributed by atoms with Crippen molar-refractivity contribution in [3.05, 3.63) is 59.8 Å². The number of nitrogens with one attached hydrogen (secondary N) is 2. The topological polar surface area (TPSA) is 81.2 Å². The van der Waals surface area contributed by atoms with Gasteiger partial charge >= 0.3 is 0 Å². The Morgan fingerprint density at radius 3 is 2.75 bits per heavy atom. The van der Waals surface area contributed by atoms with E-state index in [0.29, 0.717) is 17.3 Å². The van der Waals surface area contributed by atoms with Gasteiger partial charge in [-0.15, -0.1) is 0 Å². The number of hydrogen-bond acceptors (Lipinski definition) is 4. The van der Waals surface area contributed by atoms with Crippen LogP contribution in [-0.2, 0) is 24.7 Å². The maximum Gasteiger partial charge on any atom is 0.229 e. The number of H-pyrrole nitrogens is 1. The zero-order valence-electron chi connectivity index (χ0n) is 18.4. The lowest BCUT2D eigenvalue weighted by Crippen LogP contribution is -2.29. The van der Waals surface area contributed by atoms with Gasteiger partial charge in [-0.25, -0.2) is 0 Å². The molecule has 2 N–H and O–H groups in total. The van der Waals surface area contributed by atoms with Crippen LogP contribution in [0, 0.1) is 5.92 Å². The second kappa shape index (κ2) is 8.07. The van der Waals surface area contributed by atoms with Gasteiger partial charge in [0.2, 0.25) is 5.91 Å². The van der Waals surface area contributed by atoms with E-state index < -0.39 is 0 Å². The Labute approximate surface area is 186 Å². The molecule has 2 aromatic carbocycles. The zero-order chi connectivity index (χ0) is 22.2. The molecular weight excluding hydrogens is 404 g/mol. The van der Waals surface area contributed by atoms with Crippen LogP contribution in [0.4, 0.5) is 5.82 Å². The number of hydrogen-bond donors (Lipinski definition) is 2. The number of aromatic nitrogens is 3. The minimum atomic E-state index is -0.0771. The standard InChI is InChI=1S/C25H26N4O3/c1-29-20-7-5-4-6-17(20)18-10-8-16(12-21(18)29)25(30)26-24-14-19(27-28-24)15-9-11-22(31-2)23(13-15)32-3/h4-7,9,11,13-14,16H,8,10,12H2,1-3H3,(H2,26,27,28,30). The van der Waals surface area contributed by atoms with E-state index in [9.17, 15) is 4.79 Å². The second-order valence-corrected chi connectivity index (χ2v) is 8.17. The lowest BCUT2D eigenvalue weighted by Gasteiger charge is -2.22. The van der Waals surface area contributed by atoms with E-state index in [1.165, 1.54) is 22.2 Å². The molecule has 0 saturated heterocycles. The van der Waals surface area contributed by atoms with Gasteiger partial charge in [0.25, 0.3) is 0 Å². The molecule has 0 bridgehead atoms. The van der Waals surface area contributed by atoms with E-state index in [4.69, 9.17) is 9.47 Å². The molecule has 4 aromatic rings. The van der Waals surface area contributed by atoms with Crippen molar-refractivity contribution >= 4 is 22.6 Å². The minimum absolute atomic E-state index is 0.00580. The van der Waals surface area contributed by atoms with E-state index in [2.05, 4.69) is 51.4 Å². The summed E-state index contributed by atoms with van der Waals surface area (Å²) in [7, 11) is 5.30. The summed E-state index contributed by atoms with van der Waals surface area (Å²) in [4.78, 5) is 13.0. The van der Waals surface area contributed by atoms with Crippen LogP contribution < -0.4 is 14.8 Å². The van der Waals surface area contributed by atoms with Gasteiger partial charge in [-0.2, -0.15) is 5.10 Å². The molecule has 1 atom stereocenters. The number of fused-ring (bicyclic) bond motifs is 3. The van der Waals surface area contributed by atoms with E-state index in [1.807, 2.05) is 24.3 Å². The molecule has 0 fully saturated rings. The maximum absolute atomic E-state index is 13.0. The van der Waals surface area contributed by atoms with Crippen molar-refractivity contribution in [1.82, 2.24) is 14.8 Å². The summed E-state index contributed by atoms with van der Waals surface area (Å²) >= 11 is 0. The Kier molecular flexibility index (Phi) is 5.09. The number of rotatable bonds is 5. The molecule has 2 aromatic heterocycles. The smallest absolute Gasteiger partial charge is 0.229 e. The molecule has 1 aliphatic carbocycles. The van der Waals surface area contributed by atoms with Crippen LogP contribution in [-0.4, -0.2) is 34.9 Å². The Morgan fingerprint density at radius 1 is 1.12 bits per heavy atom. The van der Waals surface area contributed by atoms with Crippen molar-refractivity contribution < 1.29 is 14.3 Å². The number of methoxy groups -OCH3 is 2. The number of aromatic amines is 1. The molecule has 7 nitrogen and oxygen atoms in total. The third-order valence-electron chi connectivity index (χ3n) is 6.42. The molecule has 2 heterocycles. The van der Waals surface area contributed by atoms with Crippen molar-refractivity contribution in [2.45, 2.75) is 19.3 Å². The molecule has 0 spiro atoms. The van der Waals surface area contributed by atoms with Crippen molar-refractivity contribution in [2.24, 2.45) is 13.0 Å². The van der Waals surface area contributed by atoms with Gasteiger partial charge in [0.1, 0.15) is 0 Å². The first-order valence-electron chi connectivity index (χ1n) is 10.7. The summed E-state index contributed by atoms with van der Waals surface area (Å²) in [6.45, 7) is 0. The molecule has 5 rings (SSSR count). The number of nitrogens with zero attached hydrogens (tertiary/aromatic N) is 2. The highest BCUT2D eigenvalue weighted by Crippen LogP contribution is 2.35. The van der Waals surface area contributed by atoms with Crippen LogP contribution in [0.15, 0.2) is 48.5 Å². The fraction of sp³-hybridized carbons (Fsp3) is 0.280. The van der Waals surface area contributed by atoms with Gasteiger partial charge < -0.3 is 19.4 Å². The summed E-state index contributed by atoms with van der Waals surface area (Å²) in [6, 6.07) is 15.9. The molecule has 1 aliphatic rings. The normalized spacial score (nSPS) is 15.4. The van der Waals surface area contributed by atoms with Crippen molar-refractivity contribution in [3.63, 3.8) is 0 Å². The summed E-state index contributed by atoms with van der Waals surface area (Å²) < 4.78 is 12.9. The van der Waals surface area contributed by atoms with Crippen LogP contribution in [0.25, 0.3) is 22.2 Å². The average Bonchev–Trinajstić information content (AvgIpc) is 3.41. The van der Waals surface area contributed by atoms with Crippen molar-refractivity contribution in [1.29, 1.82) is 0 Å². The molecule has 1 amide bonds. The third-order valence-corrected chi connectivity index (χ3v) is 6.42. The highest BCUT2D eigenvalue weighted by Gasteiger charge is 2.29. The number of aryl methyl sites for hydroxylation is 2. The van der Waals surface area contributed by atoms with Gasteiger partial charge in [0, 0.05) is 41.2 Å². The molecule has 32 heavy (non-hydrogen) atoms. The van der Waals surface area contributed by atoms with Crippen LogP contribution in [0.2, 0.25) is 0 Å². The summed E-state index contributed by atoms with van der Waals surface area (Å²) in [6.07, 6.45) is 2.48. The van der Waals surface area contributed by atoms with Crippen LogP contribution in [0.3, 0.4) is 0 Å². The molecule has 1 unspecified atom stereocenters. The Bertz CT molecular complexity index is 1300. The predicted molar refractivity (Wildman–Crippen MR) is 124 cm³/mol. The SMILES string of the molecule is COc1ccc(-c2cc(NC(=O)C3CCc4c(n(C)c5ccccc45)C3)n[nH]2)cc1OC. The van der Waals surface area contributed by atoms with Crippen molar-refractivity contribution in [2.75, 3.05) is 19.5 Å². The fourth-order valence-corrected chi connectivity index (χ4v) is 4.71. The Hall–Kier alpha value is -3.74. The fourth-order valence-electron chi connectivity index (χ4n) is 4.71. The van der Waals surface area contributed by atoms with Crippen LogP contribution in [0.1, 0.15) is 17.7 Å². The first kappa shape index (κ1) is 20.2. The minimum Gasteiger partial charge on any atom is -0.493 e. The van der Waals surface area contributed by atoms with E-state index in [-0.39, 0.29) is 11.8 Å². The average molecular weight is 431 g/mol. The summed E-state index contributed by atoms with van der Waals surface area (Å²) in [5.74, 6) is 1.74. The largest absolute Gasteiger partial charge is 0.493 e. The maximum atomic E-state index is 13.0. The lowest BCUT2D eigenvalue weighted by molar-refractivity contribution is -0.120. The molecule has 0 aliphatic heterocycles. The molecule has 0 saturated carbocycles. The highest BCUT2D eigenvalue weighted by molar-refractivity contribution is 5.93. The van der Waals surface area contributed by atoms with Crippen molar-refractivity contribution in [3.8, 4) is 22.8 Å². The summed E-state index contributed by atoms with van der Waals surface area (Å²) in [5.41, 5.74) is 5.55. The molecule has 164 valence electrons. The van der Waals surface area contributed by atoms with Gasteiger partial charge in [0.15, 0.2) is 17.3 Å². The van der Waals surface area contributed by atoms with E-state index >= 15 is 0 Å². The number of amides is 1. The van der Waals surface area contributed by atoms with Crippen LogP contribution in [0.5, 0.6) is 11.5 Å². The summed E-state index contributed by atoms with van der Waals surface area (Å²) in [5, 5.41) is 11.6. The quantitative estimate of drug-likeness (QED) is 0.494. The molecular formula is C25H26N4O3. The van der Waals surface area contributed by atoms with E-state index in [0.717, 1.165) is 30.5 Å². The number of benzene rings is 2. The lowest BCUT2D eigenvalue weighted by atomic mass is 9.86. The van der Waals surface area contributed by atoms with E-state index in [1.54, 1.807) is 14.2 Å². The zero-order valence-corrected chi connectivity index (χ0v) is 18.4.